The summed E-state index contributed by atoms with van der Waals surface area (Å²) in [6.45, 7) is 7.50. The fraction of sp³-hybridized carbons (Fsp3) is 0.542. The fourth-order valence-corrected chi connectivity index (χ4v) is 4.90. The lowest BCUT2D eigenvalue weighted by atomic mass is 10.0. The highest BCUT2D eigenvalue weighted by Crippen LogP contribution is 2.36. The molecule has 0 aliphatic carbocycles. The number of amides is 1. The summed E-state index contributed by atoms with van der Waals surface area (Å²) in [6, 6.07) is 1.75. The molecule has 2 N–H and O–H groups in total. The third-order valence-corrected chi connectivity index (χ3v) is 6.29. The molecule has 3 aliphatic rings. The van der Waals surface area contributed by atoms with Crippen LogP contribution >= 0.6 is 0 Å². The zero-order valence-electron chi connectivity index (χ0n) is 19.6. The SMILES string of the molecule is COc1cc(C2C=C(/C(=C\C=N)N3CC4CCC(C3)N4C(=O)OC(C)(C)C)NC2)c(F)cn1. The van der Waals surface area contributed by atoms with Crippen molar-refractivity contribution in [3.8, 4) is 5.88 Å². The standard InChI is InChI=1S/C24H32FN5O3/c1-24(2,3)33-23(31)30-16-5-6-17(30)14-29(13-16)21(7-8-26)20-9-15(11-27-20)18-10-22(32-4)28-12-19(18)25/h7-10,12,15-17,26-27H,5-6,11,13-14H2,1-4H3/b21-7+,26-8?. The maximum atomic E-state index is 14.4. The van der Waals surface area contributed by atoms with Gasteiger partial charge in [0.1, 0.15) is 11.4 Å². The molecule has 4 heterocycles. The van der Waals surface area contributed by atoms with Crippen molar-refractivity contribution in [1.82, 2.24) is 20.1 Å². The molecule has 0 spiro atoms. The number of hydrogen-bond donors (Lipinski definition) is 2. The zero-order chi connectivity index (χ0) is 23.8. The number of rotatable bonds is 5. The van der Waals surface area contributed by atoms with Crippen molar-refractivity contribution in [3.05, 3.63) is 47.2 Å². The predicted octanol–water partition coefficient (Wildman–Crippen LogP) is 3.42. The summed E-state index contributed by atoms with van der Waals surface area (Å²) in [7, 11) is 1.51. The predicted molar refractivity (Wildman–Crippen MR) is 123 cm³/mol. The zero-order valence-corrected chi connectivity index (χ0v) is 19.6. The highest BCUT2D eigenvalue weighted by molar-refractivity contribution is 5.71. The highest BCUT2D eigenvalue weighted by Gasteiger charge is 2.45. The number of likely N-dealkylation sites (tertiary alicyclic amines) is 1. The highest BCUT2D eigenvalue weighted by atomic mass is 19.1. The van der Waals surface area contributed by atoms with Gasteiger partial charge in [0.2, 0.25) is 5.88 Å². The summed E-state index contributed by atoms with van der Waals surface area (Å²) in [6.07, 6.45) is 7.80. The second kappa shape index (κ2) is 9.03. The Morgan fingerprint density at radius 3 is 2.61 bits per heavy atom. The first-order valence-electron chi connectivity index (χ1n) is 11.3. The van der Waals surface area contributed by atoms with Crippen molar-refractivity contribution < 1.29 is 18.7 Å². The normalized spacial score (nSPS) is 24.9. The number of carbonyl (C=O) groups excluding carboxylic acids is 1. The molecule has 8 nitrogen and oxygen atoms in total. The minimum atomic E-state index is -0.530. The number of carbonyl (C=O) groups is 1. The van der Waals surface area contributed by atoms with Crippen molar-refractivity contribution >= 4 is 12.3 Å². The van der Waals surface area contributed by atoms with Crippen LogP contribution < -0.4 is 10.1 Å². The van der Waals surface area contributed by atoms with Crippen molar-refractivity contribution in [2.75, 3.05) is 26.7 Å². The Labute approximate surface area is 193 Å². The van der Waals surface area contributed by atoms with Crippen molar-refractivity contribution in [2.24, 2.45) is 0 Å². The van der Waals surface area contributed by atoms with Gasteiger partial charge in [0.25, 0.3) is 0 Å². The van der Waals surface area contributed by atoms with Gasteiger partial charge in [0.05, 0.1) is 36.8 Å². The first kappa shape index (κ1) is 23.1. The Kier molecular flexibility index (Phi) is 6.32. The molecular formula is C24H32FN5O3. The first-order valence-corrected chi connectivity index (χ1v) is 11.3. The molecule has 0 saturated carbocycles. The number of aromatic nitrogens is 1. The molecule has 1 aromatic heterocycles. The van der Waals surface area contributed by atoms with Crippen molar-refractivity contribution in [2.45, 2.75) is 57.2 Å². The van der Waals surface area contributed by atoms with Crippen LogP contribution in [0, 0.1) is 11.2 Å². The number of hydrogen-bond acceptors (Lipinski definition) is 7. The van der Waals surface area contributed by atoms with Crippen LogP contribution in [0.3, 0.4) is 0 Å². The van der Waals surface area contributed by atoms with E-state index in [1.807, 2.05) is 31.7 Å². The van der Waals surface area contributed by atoms with Gasteiger partial charge in [0.15, 0.2) is 0 Å². The number of methoxy groups -OCH3 is 1. The maximum absolute atomic E-state index is 14.4. The average Bonchev–Trinajstić information content (AvgIpc) is 3.34. The van der Waals surface area contributed by atoms with Crippen LogP contribution in [-0.2, 0) is 4.74 Å². The Morgan fingerprint density at radius 2 is 2.00 bits per heavy atom. The summed E-state index contributed by atoms with van der Waals surface area (Å²) in [5, 5.41) is 11.1. The molecule has 1 aromatic rings. The Morgan fingerprint density at radius 1 is 1.30 bits per heavy atom. The summed E-state index contributed by atoms with van der Waals surface area (Å²) >= 11 is 0. The number of piperazine rings is 1. The number of allylic oxidation sites excluding steroid dienone is 1. The maximum Gasteiger partial charge on any atom is 0.410 e. The summed E-state index contributed by atoms with van der Waals surface area (Å²) in [4.78, 5) is 20.8. The Hall–Kier alpha value is -3.10. The van der Waals surface area contributed by atoms with Gasteiger partial charge in [-0.15, -0.1) is 0 Å². The smallest absolute Gasteiger partial charge is 0.410 e. The molecular weight excluding hydrogens is 425 g/mol. The van der Waals surface area contributed by atoms with Gasteiger partial charge >= 0.3 is 6.09 Å². The van der Waals surface area contributed by atoms with E-state index in [1.54, 1.807) is 12.1 Å². The topological polar surface area (TPSA) is 90.8 Å². The molecule has 9 heteroatoms. The van der Waals surface area contributed by atoms with Crippen molar-refractivity contribution in [3.63, 3.8) is 0 Å². The van der Waals surface area contributed by atoms with E-state index < -0.39 is 5.60 Å². The summed E-state index contributed by atoms with van der Waals surface area (Å²) in [5.41, 5.74) is 1.74. The molecule has 4 rings (SSSR count). The third-order valence-electron chi connectivity index (χ3n) is 6.29. The van der Waals surface area contributed by atoms with Crippen LogP contribution in [0.1, 0.15) is 45.1 Å². The molecule has 2 fully saturated rings. The number of nitrogens with one attached hydrogen (secondary N) is 2. The number of nitrogens with zero attached hydrogens (tertiary/aromatic N) is 3. The van der Waals surface area contributed by atoms with Crippen LogP contribution in [0.5, 0.6) is 5.88 Å². The van der Waals surface area contributed by atoms with E-state index in [0.717, 1.165) is 24.2 Å². The van der Waals surface area contributed by atoms with E-state index >= 15 is 0 Å². The average molecular weight is 458 g/mol. The lowest BCUT2D eigenvalue weighted by molar-refractivity contribution is -0.000143. The van der Waals surface area contributed by atoms with Crippen LogP contribution in [0.4, 0.5) is 9.18 Å². The number of pyridine rings is 1. The summed E-state index contributed by atoms with van der Waals surface area (Å²) in [5.74, 6) is -0.175. The minimum Gasteiger partial charge on any atom is -0.481 e. The van der Waals surface area contributed by atoms with E-state index in [2.05, 4.69) is 15.2 Å². The molecule has 0 radical (unpaired) electrons. The van der Waals surface area contributed by atoms with Gasteiger partial charge in [0, 0.05) is 43.4 Å². The van der Waals surface area contributed by atoms with Crippen LogP contribution in [0.15, 0.2) is 35.8 Å². The van der Waals surface area contributed by atoms with Crippen molar-refractivity contribution in [1.29, 1.82) is 5.41 Å². The Balaban J connectivity index is 1.53. The molecule has 178 valence electrons. The van der Waals surface area contributed by atoms with E-state index in [9.17, 15) is 9.18 Å². The minimum absolute atomic E-state index is 0.0624. The Bertz CT molecular complexity index is 973. The van der Waals surface area contributed by atoms with Gasteiger partial charge in [-0.25, -0.2) is 14.2 Å². The van der Waals surface area contributed by atoms with Gasteiger partial charge in [-0.3, -0.25) is 4.90 Å². The van der Waals surface area contributed by atoms with E-state index in [1.165, 1.54) is 19.5 Å². The molecule has 3 atom stereocenters. The quantitative estimate of drug-likeness (QED) is 0.659. The summed E-state index contributed by atoms with van der Waals surface area (Å²) < 4.78 is 25.2. The van der Waals surface area contributed by atoms with Gasteiger partial charge in [-0.1, -0.05) is 0 Å². The van der Waals surface area contributed by atoms with Crippen LogP contribution in [-0.4, -0.2) is 71.5 Å². The lowest BCUT2D eigenvalue weighted by Crippen LogP contribution is -2.56. The van der Waals surface area contributed by atoms with Gasteiger partial charge in [-0.05, 0) is 45.8 Å². The van der Waals surface area contributed by atoms with Gasteiger partial charge in [-0.2, -0.15) is 0 Å². The fourth-order valence-electron chi connectivity index (χ4n) is 4.90. The molecule has 0 aromatic carbocycles. The molecule has 3 unspecified atom stereocenters. The number of halogens is 1. The molecule has 2 saturated heterocycles. The lowest BCUT2D eigenvalue weighted by Gasteiger charge is -2.43. The third kappa shape index (κ3) is 4.82. The van der Waals surface area contributed by atoms with E-state index in [4.69, 9.17) is 14.9 Å². The van der Waals surface area contributed by atoms with E-state index in [0.29, 0.717) is 31.1 Å². The largest absolute Gasteiger partial charge is 0.481 e. The second-order valence-electron chi connectivity index (χ2n) is 9.71. The first-order chi connectivity index (χ1) is 15.7. The number of fused-ring (bicyclic) bond motifs is 2. The van der Waals surface area contributed by atoms with Gasteiger partial charge < -0.3 is 25.1 Å². The molecule has 33 heavy (non-hydrogen) atoms. The molecule has 1 amide bonds. The number of ether oxygens (including phenoxy) is 2. The van der Waals surface area contributed by atoms with Crippen LogP contribution in [0.2, 0.25) is 0 Å². The van der Waals surface area contributed by atoms with E-state index in [-0.39, 0.29) is 29.9 Å². The molecule has 3 aliphatic heterocycles. The second-order valence-corrected chi connectivity index (χ2v) is 9.71. The molecule has 2 bridgehead atoms. The monoisotopic (exact) mass is 457 g/mol. The van der Waals surface area contributed by atoms with Crippen LogP contribution in [0.25, 0.3) is 0 Å².